The van der Waals surface area contributed by atoms with Gasteiger partial charge in [-0.05, 0) is 66.9 Å². The molecule has 0 spiro atoms. The van der Waals surface area contributed by atoms with E-state index in [1.807, 2.05) is 60.7 Å². The zero-order valence-corrected chi connectivity index (χ0v) is 19.3. The highest BCUT2D eigenvalue weighted by Crippen LogP contribution is 2.27. The molecule has 1 fully saturated rings. The summed E-state index contributed by atoms with van der Waals surface area (Å²) < 4.78 is 13.2. The maximum Gasteiger partial charge on any atom is 0.233 e. The van der Waals surface area contributed by atoms with Gasteiger partial charge in [0.05, 0.1) is 18.2 Å². The number of hydrogen-bond acceptors (Lipinski definition) is 5. The molecule has 1 amide bonds. The number of pyridine rings is 1. The molecule has 1 atom stereocenters. The summed E-state index contributed by atoms with van der Waals surface area (Å²) in [5.41, 5.74) is 2.55. The first-order valence-electron chi connectivity index (χ1n) is 11.8. The number of carbonyl (C=O) groups is 1. The minimum atomic E-state index is -0.283. The molecule has 2 aromatic carbocycles. The van der Waals surface area contributed by atoms with Gasteiger partial charge in [0.2, 0.25) is 5.91 Å². The van der Waals surface area contributed by atoms with Crippen molar-refractivity contribution in [2.45, 2.75) is 19.4 Å². The van der Waals surface area contributed by atoms with Crippen LogP contribution in [0.3, 0.4) is 0 Å². The molecule has 0 N–H and O–H groups in total. The van der Waals surface area contributed by atoms with Crippen LogP contribution in [0.2, 0.25) is 0 Å². The summed E-state index contributed by atoms with van der Waals surface area (Å²) in [5, 5.41) is 8.75. The molecule has 2 aromatic heterocycles. The molecule has 35 heavy (non-hydrogen) atoms. The third kappa shape index (κ3) is 5.35. The van der Waals surface area contributed by atoms with Gasteiger partial charge in [0, 0.05) is 24.8 Å². The van der Waals surface area contributed by atoms with Crippen molar-refractivity contribution < 1.29 is 9.18 Å². The summed E-state index contributed by atoms with van der Waals surface area (Å²) in [4.78, 5) is 22.1. The van der Waals surface area contributed by atoms with Gasteiger partial charge >= 0.3 is 0 Å². The number of amides is 1. The Labute approximate surface area is 204 Å². The zero-order chi connectivity index (χ0) is 24.0. The molecule has 7 heteroatoms. The molecular weight excluding hydrogens is 441 g/mol. The molecule has 0 radical (unpaired) electrons. The number of piperidine rings is 1. The van der Waals surface area contributed by atoms with Gasteiger partial charge in [-0.15, -0.1) is 10.2 Å². The summed E-state index contributed by atoms with van der Waals surface area (Å²) in [6.45, 7) is 1.86. The maximum absolute atomic E-state index is 13.7. The topological polar surface area (TPSA) is 62.2 Å². The van der Waals surface area contributed by atoms with Crippen molar-refractivity contribution in [3.05, 3.63) is 103 Å². The Kier molecular flexibility index (Phi) is 6.75. The number of nitrogens with zero attached hydrogens (tertiary/aromatic N) is 5. The van der Waals surface area contributed by atoms with Crippen LogP contribution in [-0.2, 0) is 11.3 Å². The maximum atomic E-state index is 13.7. The van der Waals surface area contributed by atoms with E-state index >= 15 is 0 Å². The first kappa shape index (κ1) is 22.7. The highest BCUT2D eigenvalue weighted by Gasteiger charge is 2.31. The normalized spacial score (nSPS) is 15.6. The van der Waals surface area contributed by atoms with E-state index in [2.05, 4.69) is 20.1 Å². The number of halogens is 1. The van der Waals surface area contributed by atoms with E-state index in [4.69, 9.17) is 0 Å². The summed E-state index contributed by atoms with van der Waals surface area (Å²) >= 11 is 0. The second kappa shape index (κ2) is 10.4. The predicted octanol–water partition coefficient (Wildman–Crippen LogP) is 5.13. The lowest BCUT2D eigenvalue weighted by molar-refractivity contribution is -0.122. The van der Waals surface area contributed by atoms with Gasteiger partial charge in [-0.3, -0.25) is 9.69 Å². The van der Waals surface area contributed by atoms with E-state index in [1.54, 1.807) is 23.2 Å². The number of aromatic nitrogens is 3. The SMILES string of the molecule is O=C(C1CCCN(c2ccc(-c3ccc(F)cc3)nn2)C1)N(Cc1ccccc1)c1ccccn1. The van der Waals surface area contributed by atoms with Crippen LogP contribution in [0.5, 0.6) is 0 Å². The van der Waals surface area contributed by atoms with Gasteiger partial charge in [-0.2, -0.15) is 0 Å². The summed E-state index contributed by atoms with van der Waals surface area (Å²) in [6, 6.07) is 25.6. The van der Waals surface area contributed by atoms with Crippen LogP contribution in [0, 0.1) is 11.7 Å². The third-order valence-corrected chi connectivity index (χ3v) is 6.26. The monoisotopic (exact) mass is 467 g/mol. The minimum Gasteiger partial charge on any atom is -0.354 e. The molecule has 1 aliphatic heterocycles. The van der Waals surface area contributed by atoms with Crippen molar-refractivity contribution in [1.82, 2.24) is 15.2 Å². The third-order valence-electron chi connectivity index (χ3n) is 6.26. The molecule has 0 aliphatic carbocycles. The second-order valence-corrected chi connectivity index (χ2v) is 8.67. The molecule has 0 saturated carbocycles. The average molecular weight is 468 g/mol. The van der Waals surface area contributed by atoms with Gasteiger partial charge in [0.1, 0.15) is 11.6 Å². The number of carbonyl (C=O) groups excluding carboxylic acids is 1. The van der Waals surface area contributed by atoms with E-state index in [9.17, 15) is 9.18 Å². The summed E-state index contributed by atoms with van der Waals surface area (Å²) in [7, 11) is 0. The van der Waals surface area contributed by atoms with Gasteiger partial charge < -0.3 is 4.90 Å². The van der Waals surface area contributed by atoms with Crippen molar-refractivity contribution in [2.24, 2.45) is 5.92 Å². The van der Waals surface area contributed by atoms with Crippen molar-refractivity contribution >= 4 is 17.5 Å². The quantitative estimate of drug-likeness (QED) is 0.394. The van der Waals surface area contributed by atoms with Crippen LogP contribution >= 0.6 is 0 Å². The molecule has 1 aliphatic rings. The second-order valence-electron chi connectivity index (χ2n) is 8.67. The largest absolute Gasteiger partial charge is 0.354 e. The Morgan fingerprint density at radius 2 is 1.74 bits per heavy atom. The molecule has 1 unspecified atom stereocenters. The highest BCUT2D eigenvalue weighted by atomic mass is 19.1. The first-order chi connectivity index (χ1) is 17.2. The molecule has 3 heterocycles. The molecule has 1 saturated heterocycles. The number of hydrogen-bond donors (Lipinski definition) is 0. The minimum absolute atomic E-state index is 0.0631. The Hall–Kier alpha value is -4.13. The van der Waals surface area contributed by atoms with Gasteiger partial charge in [-0.1, -0.05) is 36.4 Å². The van der Waals surface area contributed by atoms with E-state index in [-0.39, 0.29) is 17.6 Å². The van der Waals surface area contributed by atoms with Gasteiger partial charge in [0.25, 0.3) is 0 Å². The molecular formula is C28H26FN5O. The van der Waals surface area contributed by atoms with Crippen LogP contribution in [0.15, 0.2) is 91.1 Å². The van der Waals surface area contributed by atoms with E-state index in [0.29, 0.717) is 24.6 Å². The Balaban J connectivity index is 1.33. The number of rotatable bonds is 6. The van der Waals surface area contributed by atoms with Crippen molar-refractivity contribution in [3.8, 4) is 11.3 Å². The zero-order valence-electron chi connectivity index (χ0n) is 19.3. The smallest absolute Gasteiger partial charge is 0.233 e. The fraction of sp³-hybridized carbons (Fsp3) is 0.214. The van der Waals surface area contributed by atoms with Crippen LogP contribution in [0.25, 0.3) is 11.3 Å². The lowest BCUT2D eigenvalue weighted by Crippen LogP contribution is -2.45. The Morgan fingerprint density at radius 1 is 0.943 bits per heavy atom. The first-order valence-corrected chi connectivity index (χ1v) is 11.8. The van der Waals surface area contributed by atoms with Crippen molar-refractivity contribution in [2.75, 3.05) is 22.9 Å². The van der Waals surface area contributed by atoms with E-state index in [0.717, 1.165) is 36.3 Å². The highest BCUT2D eigenvalue weighted by molar-refractivity contribution is 5.94. The van der Waals surface area contributed by atoms with Crippen LogP contribution in [0.1, 0.15) is 18.4 Å². The summed E-state index contributed by atoms with van der Waals surface area (Å²) in [6.07, 6.45) is 3.42. The van der Waals surface area contributed by atoms with Crippen LogP contribution < -0.4 is 9.80 Å². The van der Waals surface area contributed by atoms with E-state index in [1.165, 1.54) is 12.1 Å². The molecule has 6 nitrogen and oxygen atoms in total. The summed E-state index contributed by atoms with van der Waals surface area (Å²) in [5.74, 6) is 0.998. The van der Waals surface area contributed by atoms with Crippen LogP contribution in [-0.4, -0.2) is 34.2 Å². The molecule has 5 rings (SSSR count). The van der Waals surface area contributed by atoms with E-state index < -0.39 is 0 Å². The fourth-order valence-electron chi connectivity index (χ4n) is 4.43. The van der Waals surface area contributed by atoms with Gasteiger partial charge in [-0.25, -0.2) is 9.37 Å². The number of anilines is 2. The molecule has 0 bridgehead atoms. The average Bonchev–Trinajstić information content (AvgIpc) is 2.93. The standard InChI is InChI=1S/C28H26FN5O/c29-24-13-11-22(12-14-24)25-15-16-27(32-31-25)33-18-6-9-23(20-33)28(35)34(26-10-4-5-17-30-26)19-21-7-2-1-3-8-21/h1-5,7-8,10-17,23H,6,9,18-20H2. The molecule has 4 aromatic rings. The Morgan fingerprint density at radius 3 is 2.46 bits per heavy atom. The lowest BCUT2D eigenvalue weighted by atomic mass is 9.96. The van der Waals surface area contributed by atoms with Crippen molar-refractivity contribution in [3.63, 3.8) is 0 Å². The fourth-order valence-corrected chi connectivity index (χ4v) is 4.43. The van der Waals surface area contributed by atoms with Crippen LogP contribution in [0.4, 0.5) is 16.0 Å². The lowest BCUT2D eigenvalue weighted by Gasteiger charge is -2.35. The molecule has 176 valence electrons. The number of benzene rings is 2. The van der Waals surface area contributed by atoms with Gasteiger partial charge in [0.15, 0.2) is 5.82 Å². The predicted molar refractivity (Wildman–Crippen MR) is 134 cm³/mol. The Bertz CT molecular complexity index is 1250. The van der Waals surface area contributed by atoms with Crippen molar-refractivity contribution in [1.29, 1.82) is 0 Å².